The molecule has 1 atom stereocenters. The van der Waals surface area contributed by atoms with Gasteiger partial charge in [-0.2, -0.15) is 0 Å². The maximum Gasteiger partial charge on any atom is 0.0189 e. The second-order valence-electron chi connectivity index (χ2n) is 5.99. The largest absolute Gasteiger partial charge is 0.315 e. The number of hydrogen-bond donors (Lipinski definition) is 1. The molecule has 1 saturated carbocycles. The second-order valence-corrected chi connectivity index (χ2v) is 5.99. The molecule has 0 radical (unpaired) electrons. The highest BCUT2D eigenvalue weighted by atomic mass is 15.1. The van der Waals surface area contributed by atoms with Crippen molar-refractivity contribution in [3.05, 3.63) is 0 Å². The Bertz CT molecular complexity index is 174. The molecule has 2 heteroatoms. The Hall–Kier alpha value is -0.0800. The number of likely N-dealkylation sites (N-methyl/N-ethyl adjacent to an activating group) is 1. The normalized spacial score (nSPS) is 19.9. The van der Waals surface area contributed by atoms with Crippen LogP contribution in [0.5, 0.6) is 0 Å². The SMILES string of the molecule is CC(C)CNCC(C)N(C)CC1CCCC1. The minimum absolute atomic E-state index is 0.666. The van der Waals surface area contributed by atoms with Crippen molar-refractivity contribution in [2.45, 2.75) is 52.5 Å². The number of nitrogens with zero attached hydrogens (tertiary/aromatic N) is 1. The van der Waals surface area contributed by atoms with Gasteiger partial charge in [-0.15, -0.1) is 0 Å². The van der Waals surface area contributed by atoms with Crippen LogP contribution in [-0.4, -0.2) is 37.6 Å². The molecule has 0 aromatic rings. The molecule has 0 heterocycles. The molecule has 96 valence electrons. The molecular formula is C14H30N2. The molecule has 16 heavy (non-hydrogen) atoms. The molecule has 2 nitrogen and oxygen atoms in total. The molecule has 1 aliphatic rings. The van der Waals surface area contributed by atoms with Gasteiger partial charge in [0.2, 0.25) is 0 Å². The van der Waals surface area contributed by atoms with Crippen LogP contribution in [0, 0.1) is 11.8 Å². The van der Waals surface area contributed by atoms with E-state index in [-0.39, 0.29) is 0 Å². The summed E-state index contributed by atoms with van der Waals surface area (Å²) >= 11 is 0. The van der Waals surface area contributed by atoms with Gasteiger partial charge in [-0.05, 0) is 45.2 Å². The van der Waals surface area contributed by atoms with Crippen LogP contribution in [0.1, 0.15) is 46.5 Å². The van der Waals surface area contributed by atoms with Gasteiger partial charge in [-0.25, -0.2) is 0 Å². The third-order valence-electron chi connectivity index (χ3n) is 3.77. The van der Waals surface area contributed by atoms with Crippen LogP contribution in [0.2, 0.25) is 0 Å². The van der Waals surface area contributed by atoms with Crippen molar-refractivity contribution in [2.75, 3.05) is 26.7 Å². The zero-order valence-corrected chi connectivity index (χ0v) is 11.6. The average Bonchev–Trinajstić information content (AvgIpc) is 2.69. The molecule has 1 unspecified atom stereocenters. The van der Waals surface area contributed by atoms with Crippen LogP contribution in [0.3, 0.4) is 0 Å². The molecule has 0 amide bonds. The third-order valence-corrected chi connectivity index (χ3v) is 3.77. The summed E-state index contributed by atoms with van der Waals surface area (Å²) < 4.78 is 0. The Kier molecular flexibility index (Phi) is 6.37. The van der Waals surface area contributed by atoms with E-state index >= 15 is 0 Å². The maximum absolute atomic E-state index is 3.55. The molecule has 0 spiro atoms. The molecule has 1 fully saturated rings. The van der Waals surface area contributed by atoms with Crippen LogP contribution in [-0.2, 0) is 0 Å². The Labute approximate surface area is 102 Å². The minimum Gasteiger partial charge on any atom is -0.315 e. The summed E-state index contributed by atoms with van der Waals surface area (Å²) in [4.78, 5) is 2.53. The lowest BCUT2D eigenvalue weighted by Gasteiger charge is -2.28. The first-order chi connectivity index (χ1) is 7.59. The van der Waals surface area contributed by atoms with Gasteiger partial charge in [-0.3, -0.25) is 0 Å². The van der Waals surface area contributed by atoms with Gasteiger partial charge in [0, 0.05) is 19.1 Å². The van der Waals surface area contributed by atoms with E-state index in [0.717, 1.165) is 24.9 Å². The summed E-state index contributed by atoms with van der Waals surface area (Å²) in [7, 11) is 2.28. The fraction of sp³-hybridized carbons (Fsp3) is 1.00. The minimum atomic E-state index is 0.666. The monoisotopic (exact) mass is 226 g/mol. The number of nitrogens with one attached hydrogen (secondary N) is 1. The topological polar surface area (TPSA) is 15.3 Å². The zero-order valence-electron chi connectivity index (χ0n) is 11.6. The van der Waals surface area contributed by atoms with Crippen LogP contribution in [0.4, 0.5) is 0 Å². The van der Waals surface area contributed by atoms with Crippen molar-refractivity contribution in [3.8, 4) is 0 Å². The summed E-state index contributed by atoms with van der Waals surface area (Å²) in [6, 6.07) is 0.666. The molecule has 0 bridgehead atoms. The Morgan fingerprint density at radius 3 is 2.31 bits per heavy atom. The van der Waals surface area contributed by atoms with Gasteiger partial charge in [0.25, 0.3) is 0 Å². The first-order valence-corrected chi connectivity index (χ1v) is 7.00. The summed E-state index contributed by atoms with van der Waals surface area (Å²) in [5.74, 6) is 1.73. The van der Waals surface area contributed by atoms with E-state index in [9.17, 15) is 0 Å². The Morgan fingerprint density at radius 2 is 1.75 bits per heavy atom. The van der Waals surface area contributed by atoms with Crippen molar-refractivity contribution in [2.24, 2.45) is 11.8 Å². The van der Waals surface area contributed by atoms with Gasteiger partial charge in [0.05, 0.1) is 0 Å². The van der Waals surface area contributed by atoms with Crippen LogP contribution in [0.25, 0.3) is 0 Å². The fourth-order valence-corrected chi connectivity index (χ4v) is 2.52. The van der Waals surface area contributed by atoms with E-state index in [1.54, 1.807) is 0 Å². The lowest BCUT2D eigenvalue weighted by Crippen LogP contribution is -2.40. The van der Waals surface area contributed by atoms with Crippen molar-refractivity contribution in [1.82, 2.24) is 10.2 Å². The molecule has 1 aliphatic carbocycles. The zero-order chi connectivity index (χ0) is 12.0. The Balaban J connectivity index is 2.11. The average molecular weight is 226 g/mol. The van der Waals surface area contributed by atoms with Crippen LogP contribution < -0.4 is 5.32 Å². The van der Waals surface area contributed by atoms with Gasteiger partial charge < -0.3 is 10.2 Å². The highest BCUT2D eigenvalue weighted by molar-refractivity contribution is 4.74. The molecular weight excluding hydrogens is 196 g/mol. The van der Waals surface area contributed by atoms with Crippen molar-refractivity contribution < 1.29 is 0 Å². The van der Waals surface area contributed by atoms with Gasteiger partial charge in [0.1, 0.15) is 0 Å². The molecule has 1 N–H and O–H groups in total. The predicted molar refractivity (Wildman–Crippen MR) is 71.8 cm³/mol. The van der Waals surface area contributed by atoms with E-state index in [1.165, 1.54) is 32.2 Å². The van der Waals surface area contributed by atoms with Crippen molar-refractivity contribution in [3.63, 3.8) is 0 Å². The first-order valence-electron chi connectivity index (χ1n) is 7.00. The number of hydrogen-bond acceptors (Lipinski definition) is 2. The van der Waals surface area contributed by atoms with Crippen molar-refractivity contribution >= 4 is 0 Å². The smallest absolute Gasteiger partial charge is 0.0189 e. The van der Waals surface area contributed by atoms with Gasteiger partial charge in [-0.1, -0.05) is 26.7 Å². The first kappa shape index (κ1) is 14.0. The summed E-state index contributed by atoms with van der Waals surface area (Å²) in [6.07, 6.45) is 5.82. The second kappa shape index (κ2) is 7.29. The third kappa shape index (κ3) is 5.31. The van der Waals surface area contributed by atoms with Gasteiger partial charge >= 0.3 is 0 Å². The highest BCUT2D eigenvalue weighted by Crippen LogP contribution is 2.25. The molecule has 1 rings (SSSR count). The number of rotatable bonds is 7. The lowest BCUT2D eigenvalue weighted by molar-refractivity contribution is 0.213. The van der Waals surface area contributed by atoms with Crippen LogP contribution >= 0.6 is 0 Å². The molecule has 0 aromatic heterocycles. The van der Waals surface area contributed by atoms with E-state index in [2.05, 4.69) is 38.0 Å². The highest BCUT2D eigenvalue weighted by Gasteiger charge is 2.19. The van der Waals surface area contributed by atoms with Crippen molar-refractivity contribution in [1.29, 1.82) is 0 Å². The molecule has 0 aromatic carbocycles. The summed E-state index contributed by atoms with van der Waals surface area (Å²) in [5.41, 5.74) is 0. The summed E-state index contributed by atoms with van der Waals surface area (Å²) in [5, 5.41) is 3.55. The van der Waals surface area contributed by atoms with Gasteiger partial charge in [0.15, 0.2) is 0 Å². The van der Waals surface area contributed by atoms with Crippen LogP contribution in [0.15, 0.2) is 0 Å². The molecule has 0 saturated heterocycles. The quantitative estimate of drug-likeness (QED) is 0.718. The predicted octanol–water partition coefficient (Wildman–Crippen LogP) is 2.74. The molecule has 0 aliphatic heterocycles. The maximum atomic E-state index is 3.55. The fourth-order valence-electron chi connectivity index (χ4n) is 2.52. The van der Waals surface area contributed by atoms with E-state index in [1.807, 2.05) is 0 Å². The van der Waals surface area contributed by atoms with E-state index < -0.39 is 0 Å². The Morgan fingerprint density at radius 1 is 1.12 bits per heavy atom. The van der Waals surface area contributed by atoms with E-state index in [0.29, 0.717) is 6.04 Å². The van der Waals surface area contributed by atoms with E-state index in [4.69, 9.17) is 0 Å². The summed E-state index contributed by atoms with van der Waals surface area (Å²) in [6.45, 7) is 10.4. The standard InChI is InChI=1S/C14H30N2/c1-12(2)9-15-10-13(3)16(4)11-14-7-5-6-8-14/h12-15H,5-11H2,1-4H3. The lowest BCUT2D eigenvalue weighted by atomic mass is 10.1.